The van der Waals surface area contributed by atoms with E-state index in [2.05, 4.69) is 34.5 Å². The van der Waals surface area contributed by atoms with E-state index in [0.717, 1.165) is 57.6 Å². The lowest BCUT2D eigenvalue weighted by Gasteiger charge is -2.38. The highest BCUT2D eigenvalue weighted by Crippen LogP contribution is 2.31. The molecule has 0 unspecified atom stereocenters. The summed E-state index contributed by atoms with van der Waals surface area (Å²) in [5.74, 6) is 1.17. The number of nitrogens with zero attached hydrogens (tertiary/aromatic N) is 2. The number of amides is 2. The van der Waals surface area contributed by atoms with Crippen LogP contribution in [-0.4, -0.2) is 42.9 Å². The Labute approximate surface area is 171 Å². The fourth-order valence-corrected chi connectivity index (χ4v) is 4.42. The normalized spacial score (nSPS) is 22.3. The molecule has 6 nitrogen and oxygen atoms in total. The molecule has 1 aromatic heterocycles. The minimum atomic E-state index is 0.00365. The second-order valence-electron chi connectivity index (χ2n) is 7.99. The zero-order valence-electron chi connectivity index (χ0n) is 16.8. The number of piperazine rings is 1. The van der Waals surface area contributed by atoms with Crippen molar-refractivity contribution in [1.82, 2.24) is 10.2 Å². The second kappa shape index (κ2) is 9.16. The highest BCUT2D eigenvalue weighted by molar-refractivity contribution is 5.81. The molecule has 6 heteroatoms. The molecule has 1 aromatic carbocycles. The van der Waals surface area contributed by atoms with Crippen LogP contribution in [0.25, 0.3) is 0 Å². The van der Waals surface area contributed by atoms with Gasteiger partial charge in [0.25, 0.3) is 0 Å². The van der Waals surface area contributed by atoms with Crippen LogP contribution in [0.1, 0.15) is 31.4 Å². The zero-order valence-corrected chi connectivity index (χ0v) is 16.8. The van der Waals surface area contributed by atoms with Gasteiger partial charge in [0.15, 0.2) is 0 Å². The predicted octanol–water partition coefficient (Wildman–Crippen LogP) is 3.05. The minimum Gasteiger partial charge on any atom is -0.467 e. The van der Waals surface area contributed by atoms with E-state index in [0.29, 0.717) is 6.54 Å². The van der Waals surface area contributed by atoms with Gasteiger partial charge in [-0.05, 0) is 49.9 Å². The number of hydrogen-bond donors (Lipinski definition) is 1. The summed E-state index contributed by atoms with van der Waals surface area (Å²) in [5, 5.41) is 2.95. The molecule has 2 aliphatic rings. The van der Waals surface area contributed by atoms with E-state index >= 15 is 0 Å². The Morgan fingerprint density at radius 1 is 0.897 bits per heavy atom. The van der Waals surface area contributed by atoms with E-state index in [4.69, 9.17) is 4.42 Å². The smallest absolute Gasteiger partial charge is 0.225 e. The van der Waals surface area contributed by atoms with Crippen molar-refractivity contribution in [3.63, 3.8) is 0 Å². The molecule has 1 aliphatic carbocycles. The first-order valence-electron chi connectivity index (χ1n) is 10.6. The van der Waals surface area contributed by atoms with Crippen LogP contribution in [-0.2, 0) is 16.1 Å². The molecule has 0 spiro atoms. The minimum absolute atomic E-state index is 0.00365. The molecule has 2 aromatic rings. The van der Waals surface area contributed by atoms with Gasteiger partial charge in [-0.25, -0.2) is 0 Å². The highest BCUT2D eigenvalue weighted by atomic mass is 16.3. The molecule has 1 N–H and O–H groups in total. The molecule has 2 amide bonds. The Balaban J connectivity index is 1.21. The number of nitrogens with one attached hydrogen (secondary N) is 1. The summed E-state index contributed by atoms with van der Waals surface area (Å²) in [6.07, 6.45) is 4.78. The molecular weight excluding hydrogens is 366 g/mol. The van der Waals surface area contributed by atoms with Gasteiger partial charge < -0.3 is 19.5 Å². The lowest BCUT2D eigenvalue weighted by atomic mass is 9.81. The van der Waals surface area contributed by atoms with E-state index in [1.165, 1.54) is 5.69 Å². The van der Waals surface area contributed by atoms with Gasteiger partial charge >= 0.3 is 0 Å². The summed E-state index contributed by atoms with van der Waals surface area (Å²) in [6.45, 7) is 3.73. The van der Waals surface area contributed by atoms with Crippen LogP contribution in [0.2, 0.25) is 0 Å². The number of para-hydroxylation sites is 1. The summed E-state index contributed by atoms with van der Waals surface area (Å²) in [4.78, 5) is 29.7. The Morgan fingerprint density at radius 3 is 2.24 bits per heavy atom. The second-order valence-corrected chi connectivity index (χ2v) is 7.99. The van der Waals surface area contributed by atoms with Crippen molar-refractivity contribution in [2.75, 3.05) is 31.1 Å². The quantitative estimate of drug-likeness (QED) is 0.845. The van der Waals surface area contributed by atoms with Gasteiger partial charge in [-0.2, -0.15) is 0 Å². The van der Waals surface area contributed by atoms with Gasteiger partial charge in [0.2, 0.25) is 11.8 Å². The summed E-state index contributed by atoms with van der Waals surface area (Å²) >= 11 is 0. The first-order chi connectivity index (χ1) is 14.2. The molecule has 1 aliphatic heterocycles. The van der Waals surface area contributed by atoms with Crippen LogP contribution in [0.15, 0.2) is 53.1 Å². The van der Waals surface area contributed by atoms with E-state index in [1.807, 2.05) is 23.1 Å². The molecule has 2 heterocycles. The molecular formula is C23H29N3O3. The number of anilines is 1. The molecule has 0 bridgehead atoms. The van der Waals surface area contributed by atoms with Gasteiger partial charge in [-0.3, -0.25) is 9.59 Å². The number of furan rings is 1. The third kappa shape index (κ3) is 4.81. The number of rotatable bonds is 5. The average Bonchev–Trinajstić information content (AvgIpc) is 3.31. The number of hydrogen-bond acceptors (Lipinski definition) is 4. The third-order valence-corrected chi connectivity index (χ3v) is 6.18. The monoisotopic (exact) mass is 395 g/mol. The summed E-state index contributed by atoms with van der Waals surface area (Å²) in [6, 6.07) is 14.0. The SMILES string of the molecule is O=C(NCc1ccco1)C1CCC(C(=O)N2CCN(c3ccccc3)CC2)CC1. The Kier molecular flexibility index (Phi) is 6.17. The topological polar surface area (TPSA) is 65.8 Å². The van der Waals surface area contributed by atoms with Crippen molar-refractivity contribution < 1.29 is 14.0 Å². The first-order valence-corrected chi connectivity index (χ1v) is 10.6. The maximum atomic E-state index is 12.9. The maximum Gasteiger partial charge on any atom is 0.225 e. The van der Waals surface area contributed by atoms with Crippen molar-refractivity contribution in [1.29, 1.82) is 0 Å². The molecule has 154 valence electrons. The Morgan fingerprint density at radius 2 is 1.59 bits per heavy atom. The molecule has 4 rings (SSSR count). The van der Waals surface area contributed by atoms with E-state index in [1.54, 1.807) is 6.26 Å². The van der Waals surface area contributed by atoms with Crippen LogP contribution in [0.5, 0.6) is 0 Å². The third-order valence-electron chi connectivity index (χ3n) is 6.18. The fourth-order valence-electron chi connectivity index (χ4n) is 4.42. The Hall–Kier alpha value is -2.76. The molecule has 1 saturated heterocycles. The van der Waals surface area contributed by atoms with Crippen molar-refractivity contribution >= 4 is 17.5 Å². The van der Waals surface area contributed by atoms with E-state index < -0.39 is 0 Å². The van der Waals surface area contributed by atoms with Crippen molar-refractivity contribution in [3.05, 3.63) is 54.5 Å². The van der Waals surface area contributed by atoms with Crippen LogP contribution >= 0.6 is 0 Å². The number of benzene rings is 1. The van der Waals surface area contributed by atoms with E-state index in [9.17, 15) is 9.59 Å². The predicted molar refractivity (Wildman–Crippen MR) is 111 cm³/mol. The molecule has 29 heavy (non-hydrogen) atoms. The molecule has 0 atom stereocenters. The highest BCUT2D eigenvalue weighted by Gasteiger charge is 2.33. The van der Waals surface area contributed by atoms with Gasteiger partial charge in [-0.1, -0.05) is 18.2 Å². The first kappa shape index (κ1) is 19.6. The number of carbonyl (C=O) groups excluding carboxylic acids is 2. The van der Waals surface area contributed by atoms with Gasteiger partial charge in [-0.15, -0.1) is 0 Å². The van der Waals surface area contributed by atoms with Gasteiger partial charge in [0.05, 0.1) is 12.8 Å². The van der Waals surface area contributed by atoms with Crippen molar-refractivity contribution in [2.24, 2.45) is 11.8 Å². The van der Waals surface area contributed by atoms with Crippen LogP contribution < -0.4 is 10.2 Å². The summed E-state index contributed by atoms with van der Waals surface area (Å²) < 4.78 is 5.25. The average molecular weight is 396 g/mol. The van der Waals surface area contributed by atoms with Crippen molar-refractivity contribution in [3.8, 4) is 0 Å². The van der Waals surface area contributed by atoms with Crippen LogP contribution in [0.4, 0.5) is 5.69 Å². The van der Waals surface area contributed by atoms with Crippen molar-refractivity contribution in [2.45, 2.75) is 32.2 Å². The maximum absolute atomic E-state index is 12.9. The lowest BCUT2D eigenvalue weighted by molar-refractivity contribution is -0.138. The largest absolute Gasteiger partial charge is 0.467 e. The molecule has 0 radical (unpaired) electrons. The number of carbonyl (C=O) groups is 2. The lowest BCUT2D eigenvalue weighted by Crippen LogP contribution is -2.51. The summed E-state index contributed by atoms with van der Waals surface area (Å²) in [7, 11) is 0. The van der Waals surface area contributed by atoms with E-state index in [-0.39, 0.29) is 23.7 Å². The summed E-state index contributed by atoms with van der Waals surface area (Å²) in [5.41, 5.74) is 1.22. The Bertz CT molecular complexity index is 790. The van der Waals surface area contributed by atoms with Crippen LogP contribution in [0, 0.1) is 11.8 Å². The zero-order chi connectivity index (χ0) is 20.1. The van der Waals surface area contributed by atoms with Gasteiger partial charge in [0, 0.05) is 43.7 Å². The van der Waals surface area contributed by atoms with Crippen LogP contribution in [0.3, 0.4) is 0 Å². The standard InChI is InChI=1S/C23H29N3O3/c27-22(24-17-21-7-4-16-29-21)18-8-10-19(11-9-18)23(28)26-14-12-25(13-15-26)20-5-2-1-3-6-20/h1-7,16,18-19H,8-15,17H2,(H,24,27). The van der Waals surface area contributed by atoms with Gasteiger partial charge in [0.1, 0.15) is 5.76 Å². The molecule has 2 fully saturated rings. The molecule has 1 saturated carbocycles. The fraction of sp³-hybridized carbons (Fsp3) is 0.478.